The second kappa shape index (κ2) is 5.32. The lowest BCUT2D eigenvalue weighted by atomic mass is 10.1. The first-order valence-electron chi connectivity index (χ1n) is 6.64. The van der Waals surface area contributed by atoms with Crippen LogP contribution in [0.5, 0.6) is 0 Å². The van der Waals surface area contributed by atoms with Gasteiger partial charge in [-0.2, -0.15) is 11.8 Å². The van der Waals surface area contributed by atoms with Gasteiger partial charge in [0.15, 0.2) is 0 Å². The van der Waals surface area contributed by atoms with Gasteiger partial charge in [-0.05, 0) is 31.2 Å². The molecule has 3 rings (SSSR count). The van der Waals surface area contributed by atoms with Crippen molar-refractivity contribution in [2.75, 3.05) is 23.0 Å². The molecule has 1 N–H and O–H groups in total. The second-order valence-electron chi connectivity index (χ2n) is 4.96. The van der Waals surface area contributed by atoms with Crippen molar-refractivity contribution < 1.29 is 9.90 Å². The Balaban J connectivity index is 2.05. The molecule has 1 unspecified atom stereocenters. The lowest BCUT2D eigenvalue weighted by Crippen LogP contribution is -2.40. The van der Waals surface area contributed by atoms with Crippen molar-refractivity contribution in [2.45, 2.75) is 13.0 Å². The molecule has 0 saturated carbocycles. The molecule has 0 bridgehead atoms. The molecule has 0 radical (unpaired) electrons. The lowest BCUT2D eigenvalue weighted by molar-refractivity contribution is 0.0699. The highest BCUT2D eigenvalue weighted by atomic mass is 32.2. The summed E-state index contributed by atoms with van der Waals surface area (Å²) in [4.78, 5) is 18.2. The predicted molar refractivity (Wildman–Crippen MR) is 82.8 cm³/mol. The Bertz CT molecular complexity index is 659. The number of benzene rings is 1. The van der Waals surface area contributed by atoms with E-state index in [1.54, 1.807) is 12.1 Å². The van der Waals surface area contributed by atoms with Crippen LogP contribution < -0.4 is 4.90 Å². The number of anilines is 1. The number of hydrogen-bond acceptors (Lipinski definition) is 4. The van der Waals surface area contributed by atoms with Gasteiger partial charge < -0.3 is 10.0 Å². The molecular weight excluding hydrogens is 272 g/mol. The van der Waals surface area contributed by atoms with Gasteiger partial charge in [-0.25, -0.2) is 9.78 Å². The van der Waals surface area contributed by atoms with Crippen LogP contribution in [0.25, 0.3) is 10.9 Å². The first-order chi connectivity index (χ1) is 9.66. The Hall–Kier alpha value is -1.75. The zero-order valence-corrected chi connectivity index (χ0v) is 12.1. The fourth-order valence-corrected chi connectivity index (χ4v) is 3.57. The van der Waals surface area contributed by atoms with Crippen LogP contribution in [0.3, 0.4) is 0 Å². The molecule has 0 amide bonds. The van der Waals surface area contributed by atoms with Crippen LogP contribution in [-0.4, -0.2) is 40.2 Å². The summed E-state index contributed by atoms with van der Waals surface area (Å²) in [5.74, 6) is 2.24. The lowest BCUT2D eigenvalue weighted by Gasteiger charge is -2.34. The largest absolute Gasteiger partial charge is 0.478 e. The molecule has 20 heavy (non-hydrogen) atoms. The molecule has 104 valence electrons. The number of carbonyl (C=O) groups is 1. The van der Waals surface area contributed by atoms with Crippen molar-refractivity contribution in [2.24, 2.45) is 0 Å². The number of aromatic nitrogens is 1. The maximum Gasteiger partial charge on any atom is 0.336 e. The van der Waals surface area contributed by atoms with Crippen molar-refractivity contribution in [1.82, 2.24) is 4.98 Å². The standard InChI is InChI=1S/C15H16N2O2S/c1-10-9-20-8-7-17(10)14-6-5-11-12(15(18)19)3-2-4-13(11)16-14/h2-6,10H,7-9H2,1H3,(H,18,19). The third-order valence-electron chi connectivity index (χ3n) is 3.61. The van der Waals surface area contributed by atoms with E-state index in [0.29, 0.717) is 17.0 Å². The average Bonchev–Trinajstić information content (AvgIpc) is 2.46. The number of carboxylic acids is 1. The van der Waals surface area contributed by atoms with Crippen LogP contribution in [0.2, 0.25) is 0 Å². The van der Waals surface area contributed by atoms with Gasteiger partial charge in [-0.1, -0.05) is 6.07 Å². The summed E-state index contributed by atoms with van der Waals surface area (Å²) >= 11 is 1.96. The zero-order chi connectivity index (χ0) is 14.1. The Kier molecular flexibility index (Phi) is 3.53. The second-order valence-corrected chi connectivity index (χ2v) is 6.11. The predicted octanol–water partition coefficient (Wildman–Crippen LogP) is 2.87. The molecule has 4 nitrogen and oxygen atoms in total. The molecule has 1 saturated heterocycles. The van der Waals surface area contributed by atoms with E-state index in [-0.39, 0.29) is 0 Å². The highest BCUT2D eigenvalue weighted by Gasteiger charge is 2.20. The highest BCUT2D eigenvalue weighted by molar-refractivity contribution is 7.99. The number of hydrogen-bond donors (Lipinski definition) is 1. The van der Waals surface area contributed by atoms with E-state index in [9.17, 15) is 9.90 Å². The Morgan fingerprint density at radius 2 is 2.25 bits per heavy atom. The molecule has 0 spiro atoms. The van der Waals surface area contributed by atoms with Crippen molar-refractivity contribution >= 4 is 34.5 Å². The van der Waals surface area contributed by atoms with Gasteiger partial charge >= 0.3 is 5.97 Å². The van der Waals surface area contributed by atoms with Crippen LogP contribution in [0, 0.1) is 0 Å². The fourth-order valence-electron chi connectivity index (χ4n) is 2.56. The van der Waals surface area contributed by atoms with E-state index in [1.165, 1.54) is 0 Å². The van der Waals surface area contributed by atoms with Gasteiger partial charge in [0.05, 0.1) is 11.1 Å². The number of carboxylic acid groups (broad SMARTS) is 1. The van der Waals surface area contributed by atoms with Crippen molar-refractivity contribution in [3.63, 3.8) is 0 Å². The molecule has 2 aromatic rings. The van der Waals surface area contributed by atoms with Crippen LogP contribution in [0.4, 0.5) is 5.82 Å². The van der Waals surface area contributed by atoms with E-state index >= 15 is 0 Å². The minimum absolute atomic E-state index is 0.309. The third kappa shape index (κ3) is 2.33. The summed E-state index contributed by atoms with van der Waals surface area (Å²) in [5.41, 5.74) is 1.05. The summed E-state index contributed by atoms with van der Waals surface area (Å²) < 4.78 is 0. The molecule has 5 heteroatoms. The van der Waals surface area contributed by atoms with Crippen molar-refractivity contribution in [3.05, 3.63) is 35.9 Å². The van der Waals surface area contributed by atoms with Gasteiger partial charge in [0, 0.05) is 29.5 Å². The third-order valence-corrected chi connectivity index (χ3v) is 4.80. The quantitative estimate of drug-likeness (QED) is 0.921. The zero-order valence-electron chi connectivity index (χ0n) is 11.2. The number of rotatable bonds is 2. The van der Waals surface area contributed by atoms with E-state index in [2.05, 4.69) is 16.8 Å². The topological polar surface area (TPSA) is 53.4 Å². The monoisotopic (exact) mass is 288 g/mol. The van der Waals surface area contributed by atoms with E-state index in [0.717, 1.165) is 29.4 Å². The van der Waals surface area contributed by atoms with Gasteiger partial charge in [0.1, 0.15) is 5.82 Å². The van der Waals surface area contributed by atoms with E-state index in [1.807, 2.05) is 30.0 Å². The molecule has 0 aliphatic carbocycles. The van der Waals surface area contributed by atoms with Gasteiger partial charge in [0.2, 0.25) is 0 Å². The summed E-state index contributed by atoms with van der Waals surface area (Å²) in [5, 5.41) is 9.90. The molecule has 1 aromatic heterocycles. The maximum atomic E-state index is 11.2. The minimum atomic E-state index is -0.909. The number of thioether (sulfide) groups is 1. The van der Waals surface area contributed by atoms with Gasteiger partial charge in [-0.15, -0.1) is 0 Å². The van der Waals surface area contributed by atoms with Crippen LogP contribution >= 0.6 is 11.8 Å². The Morgan fingerprint density at radius 1 is 1.40 bits per heavy atom. The molecule has 2 heterocycles. The smallest absolute Gasteiger partial charge is 0.336 e. The highest BCUT2D eigenvalue weighted by Crippen LogP contribution is 2.25. The van der Waals surface area contributed by atoms with Crippen LogP contribution in [0.15, 0.2) is 30.3 Å². The minimum Gasteiger partial charge on any atom is -0.478 e. The fraction of sp³-hybridized carbons (Fsp3) is 0.333. The van der Waals surface area contributed by atoms with Crippen LogP contribution in [-0.2, 0) is 0 Å². The number of nitrogens with zero attached hydrogens (tertiary/aromatic N) is 2. The Morgan fingerprint density at radius 3 is 3.00 bits per heavy atom. The van der Waals surface area contributed by atoms with Crippen molar-refractivity contribution in [3.8, 4) is 0 Å². The van der Waals surface area contributed by atoms with E-state index < -0.39 is 5.97 Å². The summed E-state index contributed by atoms with van der Waals surface area (Å²) in [6.07, 6.45) is 0. The van der Waals surface area contributed by atoms with Crippen molar-refractivity contribution in [1.29, 1.82) is 0 Å². The summed E-state index contributed by atoms with van der Waals surface area (Å²) in [6.45, 7) is 3.19. The average molecular weight is 288 g/mol. The molecule has 1 aliphatic heterocycles. The van der Waals surface area contributed by atoms with Gasteiger partial charge in [0.25, 0.3) is 0 Å². The normalized spacial score (nSPS) is 19.2. The molecule has 1 atom stereocenters. The molecule has 1 aromatic carbocycles. The van der Waals surface area contributed by atoms with Crippen LogP contribution in [0.1, 0.15) is 17.3 Å². The number of pyridine rings is 1. The molecule has 1 aliphatic rings. The SMILES string of the molecule is CC1CSCCN1c1ccc2c(C(=O)O)cccc2n1. The summed E-state index contributed by atoms with van der Waals surface area (Å²) in [7, 11) is 0. The Labute approximate surface area is 121 Å². The maximum absolute atomic E-state index is 11.2. The molecule has 1 fully saturated rings. The number of fused-ring (bicyclic) bond motifs is 1. The summed E-state index contributed by atoms with van der Waals surface area (Å²) in [6, 6.07) is 9.50. The molecular formula is C15H16N2O2S. The van der Waals surface area contributed by atoms with Gasteiger partial charge in [-0.3, -0.25) is 0 Å². The first kappa shape index (κ1) is 13.2. The number of aromatic carboxylic acids is 1. The first-order valence-corrected chi connectivity index (χ1v) is 7.80. The van der Waals surface area contributed by atoms with E-state index in [4.69, 9.17) is 0 Å².